The first-order chi connectivity index (χ1) is 7.25. The van der Waals surface area contributed by atoms with Gasteiger partial charge < -0.3 is 0 Å². The monoisotopic (exact) mass is 243 g/mol. The van der Waals surface area contributed by atoms with Crippen molar-refractivity contribution in [2.45, 2.75) is 10.6 Å². The number of H-pyrrole nitrogens is 1. The summed E-state index contributed by atoms with van der Waals surface area (Å²) in [6, 6.07) is 6.59. The normalized spacial score (nSPS) is 10.5. The van der Waals surface area contributed by atoms with Crippen molar-refractivity contribution >= 4 is 23.4 Å². The van der Waals surface area contributed by atoms with E-state index in [2.05, 4.69) is 15.2 Å². The van der Waals surface area contributed by atoms with Gasteiger partial charge in [-0.15, -0.1) is 16.9 Å². The number of rotatable bonds is 3. The molecule has 0 saturated carbocycles. The van der Waals surface area contributed by atoms with E-state index >= 15 is 0 Å². The average Bonchev–Trinajstić information content (AvgIpc) is 2.63. The molecule has 2 aromatic rings. The van der Waals surface area contributed by atoms with E-state index in [1.807, 2.05) is 0 Å². The van der Waals surface area contributed by atoms with E-state index in [1.165, 1.54) is 17.8 Å². The van der Waals surface area contributed by atoms with Crippen LogP contribution in [0.1, 0.15) is 5.82 Å². The number of aromatic nitrogens is 3. The fourth-order valence-electron chi connectivity index (χ4n) is 1.04. The first-order valence-electron chi connectivity index (χ1n) is 4.20. The number of thioether (sulfide) groups is 1. The SMILES string of the molecule is Fc1ccccc1SCc1nc(Cl)n[nH]1. The fraction of sp³-hybridized carbons (Fsp3) is 0.111. The Labute approximate surface area is 95.1 Å². The minimum Gasteiger partial charge on any atom is -0.261 e. The molecule has 78 valence electrons. The number of nitrogens with zero attached hydrogens (tertiary/aromatic N) is 2. The van der Waals surface area contributed by atoms with Crippen LogP contribution >= 0.6 is 23.4 Å². The number of benzene rings is 1. The zero-order chi connectivity index (χ0) is 10.7. The van der Waals surface area contributed by atoms with Crippen LogP contribution in [-0.2, 0) is 5.75 Å². The molecule has 0 atom stereocenters. The number of halogens is 2. The lowest BCUT2D eigenvalue weighted by Crippen LogP contribution is -1.85. The third-order valence-electron chi connectivity index (χ3n) is 1.71. The van der Waals surface area contributed by atoms with Gasteiger partial charge in [-0.05, 0) is 23.7 Å². The van der Waals surface area contributed by atoms with Crippen molar-refractivity contribution in [1.29, 1.82) is 0 Å². The lowest BCUT2D eigenvalue weighted by atomic mass is 10.3. The number of hydrogen-bond acceptors (Lipinski definition) is 3. The molecular weight excluding hydrogens is 237 g/mol. The molecule has 0 radical (unpaired) electrons. The van der Waals surface area contributed by atoms with Gasteiger partial charge in [0.1, 0.15) is 11.6 Å². The summed E-state index contributed by atoms with van der Waals surface area (Å²) in [5.41, 5.74) is 0. The van der Waals surface area contributed by atoms with Crippen molar-refractivity contribution in [2.75, 3.05) is 0 Å². The van der Waals surface area contributed by atoms with Gasteiger partial charge in [-0.25, -0.2) is 9.37 Å². The maximum Gasteiger partial charge on any atom is 0.242 e. The van der Waals surface area contributed by atoms with E-state index in [-0.39, 0.29) is 11.1 Å². The number of aromatic amines is 1. The largest absolute Gasteiger partial charge is 0.261 e. The topological polar surface area (TPSA) is 41.6 Å². The van der Waals surface area contributed by atoms with E-state index in [1.54, 1.807) is 18.2 Å². The summed E-state index contributed by atoms with van der Waals surface area (Å²) in [5, 5.41) is 6.51. The number of hydrogen-bond donors (Lipinski definition) is 1. The second kappa shape index (κ2) is 4.63. The van der Waals surface area contributed by atoms with Gasteiger partial charge in [-0.3, -0.25) is 5.10 Å². The molecule has 0 saturated heterocycles. The molecule has 0 aliphatic rings. The molecule has 1 heterocycles. The van der Waals surface area contributed by atoms with E-state index in [9.17, 15) is 4.39 Å². The molecule has 2 rings (SSSR count). The Morgan fingerprint density at radius 1 is 1.40 bits per heavy atom. The second-order valence-electron chi connectivity index (χ2n) is 2.77. The molecule has 0 amide bonds. The van der Waals surface area contributed by atoms with Crippen LogP contribution < -0.4 is 0 Å². The molecule has 6 heteroatoms. The van der Waals surface area contributed by atoms with Crippen molar-refractivity contribution < 1.29 is 4.39 Å². The lowest BCUT2D eigenvalue weighted by molar-refractivity contribution is 0.602. The van der Waals surface area contributed by atoms with Gasteiger partial charge in [0.15, 0.2) is 0 Å². The van der Waals surface area contributed by atoms with Crippen LogP contribution in [0.4, 0.5) is 4.39 Å². The summed E-state index contributed by atoms with van der Waals surface area (Å²) >= 11 is 6.88. The summed E-state index contributed by atoms with van der Waals surface area (Å²) in [6.45, 7) is 0. The highest BCUT2D eigenvalue weighted by molar-refractivity contribution is 7.98. The Balaban J connectivity index is 2.02. The highest BCUT2D eigenvalue weighted by Crippen LogP contribution is 2.23. The summed E-state index contributed by atoms with van der Waals surface area (Å²) < 4.78 is 13.2. The molecule has 0 spiro atoms. The molecule has 0 fully saturated rings. The van der Waals surface area contributed by atoms with Crippen LogP contribution in [0.5, 0.6) is 0 Å². The molecule has 15 heavy (non-hydrogen) atoms. The molecule has 3 nitrogen and oxygen atoms in total. The van der Waals surface area contributed by atoms with Crippen LogP contribution in [0, 0.1) is 5.82 Å². The van der Waals surface area contributed by atoms with Crippen molar-refractivity contribution in [3.05, 3.63) is 41.2 Å². The molecule has 1 N–H and O–H groups in total. The van der Waals surface area contributed by atoms with Crippen LogP contribution in [0.15, 0.2) is 29.2 Å². The molecule has 1 aromatic carbocycles. The molecule has 0 aliphatic heterocycles. The molecule has 0 bridgehead atoms. The number of nitrogens with one attached hydrogen (secondary N) is 1. The Bertz CT molecular complexity index is 460. The second-order valence-corrected chi connectivity index (χ2v) is 4.13. The molecule has 0 aliphatic carbocycles. The van der Waals surface area contributed by atoms with Gasteiger partial charge in [-0.2, -0.15) is 0 Å². The maximum atomic E-state index is 13.2. The van der Waals surface area contributed by atoms with Crippen molar-refractivity contribution in [1.82, 2.24) is 15.2 Å². The van der Waals surface area contributed by atoms with E-state index in [0.717, 1.165) is 0 Å². The minimum atomic E-state index is -0.229. The van der Waals surface area contributed by atoms with Crippen LogP contribution in [0.3, 0.4) is 0 Å². The standard InChI is InChI=1S/C9H7ClFN3S/c10-9-12-8(13-14-9)5-15-7-4-2-1-3-6(7)11/h1-4H,5H2,(H,12,13,14). The molecule has 1 aromatic heterocycles. The van der Waals surface area contributed by atoms with Gasteiger partial charge in [-0.1, -0.05) is 12.1 Å². The minimum absolute atomic E-state index is 0.180. The Morgan fingerprint density at radius 3 is 2.87 bits per heavy atom. The zero-order valence-electron chi connectivity index (χ0n) is 7.58. The van der Waals surface area contributed by atoms with E-state index in [4.69, 9.17) is 11.6 Å². The fourth-order valence-corrected chi connectivity index (χ4v) is 1.99. The third kappa shape index (κ3) is 2.70. The van der Waals surface area contributed by atoms with Crippen molar-refractivity contribution in [3.8, 4) is 0 Å². The van der Waals surface area contributed by atoms with Gasteiger partial charge in [0.05, 0.1) is 5.75 Å². The lowest BCUT2D eigenvalue weighted by Gasteiger charge is -1.99. The van der Waals surface area contributed by atoms with Crippen LogP contribution in [0.25, 0.3) is 0 Å². The molecular formula is C9H7ClFN3S. The first-order valence-corrected chi connectivity index (χ1v) is 5.56. The third-order valence-corrected chi connectivity index (χ3v) is 2.93. The summed E-state index contributed by atoms with van der Waals surface area (Å²) in [4.78, 5) is 4.50. The van der Waals surface area contributed by atoms with Gasteiger partial charge in [0, 0.05) is 4.90 Å². The summed E-state index contributed by atoms with van der Waals surface area (Å²) in [6.07, 6.45) is 0. The summed E-state index contributed by atoms with van der Waals surface area (Å²) in [5.74, 6) is 0.919. The van der Waals surface area contributed by atoms with Gasteiger partial charge in [0.25, 0.3) is 0 Å². The smallest absolute Gasteiger partial charge is 0.242 e. The first kappa shape index (κ1) is 10.4. The quantitative estimate of drug-likeness (QED) is 0.843. The average molecular weight is 244 g/mol. The van der Waals surface area contributed by atoms with Crippen molar-refractivity contribution in [2.24, 2.45) is 0 Å². The summed E-state index contributed by atoms with van der Waals surface area (Å²) in [7, 11) is 0. The van der Waals surface area contributed by atoms with E-state index < -0.39 is 0 Å². The predicted octanol–water partition coefficient (Wildman–Crippen LogP) is 2.89. The highest BCUT2D eigenvalue weighted by Gasteiger charge is 2.04. The van der Waals surface area contributed by atoms with Crippen molar-refractivity contribution in [3.63, 3.8) is 0 Å². The predicted molar refractivity (Wildman–Crippen MR) is 57.4 cm³/mol. The maximum absolute atomic E-state index is 13.2. The Morgan fingerprint density at radius 2 is 2.20 bits per heavy atom. The Kier molecular flexibility index (Phi) is 3.23. The highest BCUT2D eigenvalue weighted by atomic mass is 35.5. The van der Waals surface area contributed by atoms with Crippen LogP contribution in [0.2, 0.25) is 5.28 Å². The zero-order valence-corrected chi connectivity index (χ0v) is 9.15. The van der Waals surface area contributed by atoms with Gasteiger partial charge in [0.2, 0.25) is 5.28 Å². The molecule has 0 unspecified atom stereocenters. The Hall–Kier alpha value is -1.07. The van der Waals surface area contributed by atoms with E-state index in [0.29, 0.717) is 16.5 Å². The van der Waals surface area contributed by atoms with Gasteiger partial charge >= 0.3 is 0 Å². The van der Waals surface area contributed by atoms with Crippen LogP contribution in [-0.4, -0.2) is 15.2 Å².